The number of carbonyl (C=O) groups is 2. The smallest absolute Gasteiger partial charge is 0.248 e. The van der Waals surface area contributed by atoms with Gasteiger partial charge in [-0.1, -0.05) is 6.07 Å². The Morgan fingerprint density at radius 1 is 1.18 bits per heavy atom. The van der Waals surface area contributed by atoms with Crippen molar-refractivity contribution in [2.75, 3.05) is 5.75 Å². The van der Waals surface area contributed by atoms with E-state index >= 15 is 0 Å². The van der Waals surface area contributed by atoms with Crippen LogP contribution in [0.4, 0.5) is 0 Å². The fourth-order valence-corrected chi connectivity index (χ4v) is 1.94. The highest BCUT2D eigenvalue weighted by Crippen LogP contribution is 2.20. The van der Waals surface area contributed by atoms with Crippen molar-refractivity contribution in [3.8, 4) is 0 Å². The van der Waals surface area contributed by atoms with Crippen LogP contribution in [0.25, 0.3) is 0 Å². The zero-order valence-electron chi connectivity index (χ0n) is 10.2. The predicted octanol–water partition coefficient (Wildman–Crippen LogP) is 1.56. The number of thioether (sulfide) groups is 1. The molecule has 0 heterocycles. The summed E-state index contributed by atoms with van der Waals surface area (Å²) >= 11 is 1.44. The van der Waals surface area contributed by atoms with Crippen molar-refractivity contribution in [1.29, 1.82) is 0 Å². The highest BCUT2D eigenvalue weighted by molar-refractivity contribution is 8.00. The Morgan fingerprint density at radius 2 is 1.88 bits per heavy atom. The maximum absolute atomic E-state index is 11.3. The van der Waals surface area contributed by atoms with Crippen molar-refractivity contribution >= 4 is 23.6 Å². The van der Waals surface area contributed by atoms with E-state index in [0.717, 1.165) is 4.90 Å². The zero-order valence-corrected chi connectivity index (χ0v) is 11.0. The van der Waals surface area contributed by atoms with E-state index in [9.17, 15) is 9.59 Å². The lowest BCUT2D eigenvalue weighted by Crippen LogP contribution is -2.41. The Labute approximate surface area is 105 Å². The molecule has 0 unspecified atom stereocenters. The third-order valence-corrected chi connectivity index (χ3v) is 3.22. The van der Waals surface area contributed by atoms with Gasteiger partial charge in [-0.15, -0.1) is 11.8 Å². The second-order valence-electron chi connectivity index (χ2n) is 3.76. The summed E-state index contributed by atoms with van der Waals surface area (Å²) in [6, 6.07) is 6.06. The maximum Gasteiger partial charge on any atom is 0.248 e. The van der Waals surface area contributed by atoms with Crippen LogP contribution in [0, 0.1) is 13.8 Å². The average Bonchev–Trinajstić information content (AvgIpc) is 2.28. The van der Waals surface area contributed by atoms with Crippen molar-refractivity contribution in [3.63, 3.8) is 0 Å². The number of hydrogen-bond acceptors (Lipinski definition) is 3. The number of hydrogen-bond donors (Lipinski definition) is 2. The molecule has 1 rings (SSSR count). The highest BCUT2D eigenvalue weighted by Gasteiger charge is 2.03. The summed E-state index contributed by atoms with van der Waals surface area (Å²) < 4.78 is 0. The van der Waals surface area contributed by atoms with Crippen LogP contribution in [-0.4, -0.2) is 17.6 Å². The van der Waals surface area contributed by atoms with Gasteiger partial charge in [0.2, 0.25) is 11.8 Å². The van der Waals surface area contributed by atoms with Gasteiger partial charge in [0.1, 0.15) is 0 Å². The molecule has 0 saturated carbocycles. The van der Waals surface area contributed by atoms with E-state index in [1.54, 1.807) is 0 Å². The standard InChI is InChI=1S/C12H16N2O2S/c1-8-4-5-11(6-9(8)2)17-7-12(16)14-13-10(3)15/h4-6H,7H2,1-3H3,(H,13,15)(H,14,16). The van der Waals surface area contributed by atoms with Gasteiger partial charge >= 0.3 is 0 Å². The molecular formula is C12H16N2O2S. The quantitative estimate of drug-likeness (QED) is 0.634. The summed E-state index contributed by atoms with van der Waals surface area (Å²) in [5, 5.41) is 0. The molecule has 1 aromatic rings. The van der Waals surface area contributed by atoms with E-state index in [0.29, 0.717) is 0 Å². The second kappa shape index (κ2) is 6.30. The Kier molecular flexibility index (Phi) is 5.03. The monoisotopic (exact) mass is 252 g/mol. The molecule has 2 N–H and O–H groups in total. The van der Waals surface area contributed by atoms with Crippen LogP contribution < -0.4 is 10.9 Å². The molecule has 0 fully saturated rings. The molecular weight excluding hydrogens is 236 g/mol. The minimum Gasteiger partial charge on any atom is -0.274 e. The molecule has 0 aromatic heterocycles. The number of benzene rings is 1. The van der Waals surface area contributed by atoms with Crippen LogP contribution in [0.1, 0.15) is 18.1 Å². The van der Waals surface area contributed by atoms with Crippen LogP contribution in [0.3, 0.4) is 0 Å². The molecule has 0 aliphatic carbocycles. The predicted molar refractivity (Wildman–Crippen MR) is 68.6 cm³/mol. The van der Waals surface area contributed by atoms with Crippen LogP contribution >= 0.6 is 11.8 Å². The SMILES string of the molecule is CC(=O)NNC(=O)CSc1ccc(C)c(C)c1. The minimum atomic E-state index is -0.283. The third-order valence-electron chi connectivity index (χ3n) is 2.23. The molecule has 0 saturated heterocycles. The fraction of sp³-hybridized carbons (Fsp3) is 0.333. The van der Waals surface area contributed by atoms with E-state index < -0.39 is 0 Å². The lowest BCUT2D eigenvalue weighted by atomic mass is 10.1. The van der Waals surface area contributed by atoms with Gasteiger partial charge in [-0.05, 0) is 37.1 Å². The third kappa shape index (κ3) is 4.91. The molecule has 0 radical (unpaired) electrons. The average molecular weight is 252 g/mol. The molecule has 0 bridgehead atoms. The molecule has 0 spiro atoms. The van der Waals surface area contributed by atoms with Gasteiger partial charge in [-0.2, -0.15) is 0 Å². The van der Waals surface area contributed by atoms with Gasteiger partial charge in [0.15, 0.2) is 0 Å². The van der Waals surface area contributed by atoms with E-state index in [-0.39, 0.29) is 17.6 Å². The Balaban J connectivity index is 2.42. The fourth-order valence-electron chi connectivity index (χ4n) is 1.15. The number of amides is 2. The largest absolute Gasteiger partial charge is 0.274 e. The number of rotatable bonds is 3. The summed E-state index contributed by atoms with van der Waals surface area (Å²) in [6.45, 7) is 5.43. The normalized spacial score (nSPS) is 9.82. The number of hydrazine groups is 1. The summed E-state index contributed by atoms with van der Waals surface area (Å²) in [5.41, 5.74) is 7.01. The zero-order chi connectivity index (χ0) is 12.8. The van der Waals surface area contributed by atoms with Gasteiger partial charge in [-0.3, -0.25) is 20.4 Å². The first-order valence-electron chi connectivity index (χ1n) is 5.24. The topological polar surface area (TPSA) is 58.2 Å². The number of carbonyl (C=O) groups excluding carboxylic acids is 2. The van der Waals surface area contributed by atoms with Crippen LogP contribution in [0.2, 0.25) is 0 Å². The summed E-state index contributed by atoms with van der Waals surface area (Å²) in [5.74, 6) is -0.221. The summed E-state index contributed by atoms with van der Waals surface area (Å²) in [4.78, 5) is 22.9. The van der Waals surface area contributed by atoms with E-state index in [1.807, 2.05) is 32.0 Å². The molecule has 0 atom stereocenters. The number of aryl methyl sites for hydroxylation is 2. The molecule has 0 aliphatic rings. The number of nitrogens with one attached hydrogen (secondary N) is 2. The van der Waals surface area contributed by atoms with E-state index in [2.05, 4.69) is 10.9 Å². The van der Waals surface area contributed by atoms with Gasteiger partial charge in [0, 0.05) is 11.8 Å². The lowest BCUT2D eigenvalue weighted by Gasteiger charge is -2.06. The van der Waals surface area contributed by atoms with Crippen LogP contribution in [-0.2, 0) is 9.59 Å². The minimum absolute atomic E-state index is 0.219. The van der Waals surface area contributed by atoms with Crippen molar-refractivity contribution in [3.05, 3.63) is 29.3 Å². The van der Waals surface area contributed by atoms with Crippen molar-refractivity contribution < 1.29 is 9.59 Å². The van der Waals surface area contributed by atoms with E-state index in [1.165, 1.54) is 29.8 Å². The molecule has 4 nitrogen and oxygen atoms in total. The Bertz CT molecular complexity index is 433. The van der Waals surface area contributed by atoms with Gasteiger partial charge < -0.3 is 0 Å². The Morgan fingerprint density at radius 3 is 2.47 bits per heavy atom. The summed E-state index contributed by atoms with van der Waals surface area (Å²) in [6.07, 6.45) is 0. The first-order chi connectivity index (χ1) is 7.99. The van der Waals surface area contributed by atoms with Gasteiger partial charge in [0.05, 0.1) is 5.75 Å². The van der Waals surface area contributed by atoms with Crippen molar-refractivity contribution in [1.82, 2.24) is 10.9 Å². The van der Waals surface area contributed by atoms with Gasteiger partial charge in [0.25, 0.3) is 0 Å². The lowest BCUT2D eigenvalue weighted by molar-refractivity contribution is -0.126. The molecule has 1 aromatic carbocycles. The first kappa shape index (κ1) is 13.6. The molecule has 17 heavy (non-hydrogen) atoms. The highest BCUT2D eigenvalue weighted by atomic mass is 32.2. The van der Waals surface area contributed by atoms with Crippen LogP contribution in [0.5, 0.6) is 0 Å². The first-order valence-corrected chi connectivity index (χ1v) is 6.23. The van der Waals surface area contributed by atoms with Gasteiger partial charge in [-0.25, -0.2) is 0 Å². The molecule has 0 aliphatic heterocycles. The molecule has 2 amide bonds. The summed E-state index contributed by atoms with van der Waals surface area (Å²) in [7, 11) is 0. The molecule has 5 heteroatoms. The second-order valence-corrected chi connectivity index (χ2v) is 4.81. The van der Waals surface area contributed by atoms with Crippen LogP contribution in [0.15, 0.2) is 23.1 Å². The van der Waals surface area contributed by atoms with Crippen molar-refractivity contribution in [2.24, 2.45) is 0 Å². The Hall–Kier alpha value is -1.49. The molecule has 92 valence electrons. The van der Waals surface area contributed by atoms with E-state index in [4.69, 9.17) is 0 Å². The van der Waals surface area contributed by atoms with Crippen molar-refractivity contribution in [2.45, 2.75) is 25.7 Å². The maximum atomic E-state index is 11.3.